The number of aryl methyl sites for hydroxylation is 1. The fourth-order valence-corrected chi connectivity index (χ4v) is 9.91. The van der Waals surface area contributed by atoms with E-state index in [1.54, 1.807) is 0 Å². The number of hydrogen-bond donors (Lipinski definition) is 1. The lowest BCUT2D eigenvalue weighted by Crippen LogP contribution is -2.65. The molecule has 0 unspecified atom stereocenters. The minimum absolute atomic E-state index is 0.0331. The molecule has 1 aliphatic heterocycles. The Kier molecular flexibility index (Phi) is 5.02. The molecule has 5 nitrogen and oxygen atoms in total. The Hall–Kier alpha value is -2.43. The molecule has 5 heteroatoms. The first kappa shape index (κ1) is 23.9. The summed E-state index contributed by atoms with van der Waals surface area (Å²) in [6.45, 7) is 10.7. The Bertz CT molecular complexity index is 1180. The van der Waals surface area contributed by atoms with Gasteiger partial charge < -0.3 is 5.11 Å². The maximum atomic E-state index is 14.2. The third kappa shape index (κ3) is 2.80. The molecule has 4 fully saturated rings. The molecule has 8 atom stereocenters. The normalized spacial score (nSPS) is 43.2. The number of imide groups is 1. The minimum Gasteiger partial charge on any atom is -0.481 e. The third-order valence-electron chi connectivity index (χ3n) is 11.5. The number of carbonyl (C=O) groups excluding carboxylic acids is 2. The summed E-state index contributed by atoms with van der Waals surface area (Å²) in [6, 6.07) is 7.72. The summed E-state index contributed by atoms with van der Waals surface area (Å²) in [5.41, 5.74) is 1.89. The van der Waals surface area contributed by atoms with Crippen LogP contribution >= 0.6 is 0 Å². The highest BCUT2D eigenvalue weighted by atomic mass is 16.4. The number of rotatable bonds is 3. The zero-order valence-electron chi connectivity index (χ0n) is 22.2. The lowest BCUT2D eigenvalue weighted by Gasteiger charge is -2.68. The van der Waals surface area contributed by atoms with Crippen molar-refractivity contribution in [1.82, 2.24) is 0 Å². The molecule has 1 spiro atoms. The van der Waals surface area contributed by atoms with E-state index in [2.05, 4.69) is 26.8 Å². The Labute approximate surface area is 214 Å². The smallest absolute Gasteiger partial charge is 0.309 e. The van der Waals surface area contributed by atoms with Gasteiger partial charge in [-0.25, -0.2) is 0 Å². The zero-order chi connectivity index (χ0) is 25.8. The molecule has 1 aromatic rings. The van der Waals surface area contributed by atoms with Crippen LogP contribution in [0.5, 0.6) is 0 Å². The number of aliphatic carboxylic acids is 1. The number of benzene rings is 1. The molecule has 0 radical (unpaired) electrons. The quantitative estimate of drug-likeness (QED) is 0.417. The lowest BCUT2D eigenvalue weighted by molar-refractivity contribution is -0.194. The van der Waals surface area contributed by atoms with Gasteiger partial charge in [-0.3, -0.25) is 19.3 Å². The monoisotopic (exact) mass is 489 g/mol. The van der Waals surface area contributed by atoms with Crippen molar-refractivity contribution in [1.29, 1.82) is 0 Å². The molecule has 7 rings (SSSR count). The van der Waals surface area contributed by atoms with Crippen LogP contribution in [-0.4, -0.2) is 22.9 Å². The van der Waals surface area contributed by atoms with Crippen molar-refractivity contribution in [3.63, 3.8) is 0 Å². The Morgan fingerprint density at radius 2 is 1.72 bits per heavy atom. The maximum Gasteiger partial charge on any atom is 0.309 e. The van der Waals surface area contributed by atoms with Gasteiger partial charge in [0.1, 0.15) is 0 Å². The van der Waals surface area contributed by atoms with Crippen LogP contribution in [0.4, 0.5) is 5.69 Å². The van der Waals surface area contributed by atoms with Crippen molar-refractivity contribution in [2.24, 2.45) is 51.8 Å². The summed E-state index contributed by atoms with van der Waals surface area (Å²) in [7, 11) is 0. The van der Waals surface area contributed by atoms with E-state index in [-0.39, 0.29) is 52.2 Å². The van der Waals surface area contributed by atoms with Crippen LogP contribution in [0.15, 0.2) is 35.9 Å². The van der Waals surface area contributed by atoms with Gasteiger partial charge in [0.25, 0.3) is 0 Å². The zero-order valence-corrected chi connectivity index (χ0v) is 22.2. The highest BCUT2D eigenvalue weighted by molar-refractivity contribution is 6.23. The third-order valence-corrected chi connectivity index (χ3v) is 11.5. The van der Waals surface area contributed by atoms with Crippen LogP contribution in [0.25, 0.3) is 0 Å². The maximum absolute atomic E-state index is 14.2. The van der Waals surface area contributed by atoms with E-state index < -0.39 is 11.4 Å². The van der Waals surface area contributed by atoms with Crippen molar-refractivity contribution in [2.75, 3.05) is 4.90 Å². The van der Waals surface area contributed by atoms with Gasteiger partial charge in [0.2, 0.25) is 11.8 Å². The first-order valence-electron chi connectivity index (χ1n) is 13.9. The second-order valence-electron chi connectivity index (χ2n) is 13.3. The van der Waals surface area contributed by atoms with Crippen molar-refractivity contribution in [3.05, 3.63) is 41.5 Å². The SMILES string of the molecule is Cc1ccc(N2C(=O)[C@H]3[C@@H](C2=O)[C@@]24C=C(C(C)C)[C@@H]3C[C@H]2[C@@]2(C)CCC[C@@](C)(C(=O)O)[C@H]2CC4)cc1. The topological polar surface area (TPSA) is 74.7 Å². The van der Waals surface area contributed by atoms with E-state index in [1.165, 1.54) is 10.5 Å². The molecule has 36 heavy (non-hydrogen) atoms. The molecular weight excluding hydrogens is 450 g/mol. The molecule has 192 valence electrons. The van der Waals surface area contributed by atoms with Gasteiger partial charge in [-0.2, -0.15) is 0 Å². The number of anilines is 1. The molecule has 1 aromatic carbocycles. The Balaban J connectivity index is 1.49. The van der Waals surface area contributed by atoms with Crippen molar-refractivity contribution in [2.45, 2.75) is 73.1 Å². The first-order chi connectivity index (χ1) is 17.0. The second-order valence-corrected chi connectivity index (χ2v) is 13.3. The summed E-state index contributed by atoms with van der Waals surface area (Å²) in [5, 5.41) is 10.3. The van der Waals surface area contributed by atoms with Gasteiger partial charge in [0.05, 0.1) is 22.9 Å². The van der Waals surface area contributed by atoms with Crippen LogP contribution in [0.2, 0.25) is 0 Å². The Morgan fingerprint density at radius 1 is 1.03 bits per heavy atom. The summed E-state index contributed by atoms with van der Waals surface area (Å²) in [4.78, 5) is 42.3. The Morgan fingerprint density at radius 3 is 2.36 bits per heavy atom. The summed E-state index contributed by atoms with van der Waals surface area (Å²) in [5.74, 6) is -0.679. The highest BCUT2D eigenvalue weighted by Gasteiger charge is 2.73. The van der Waals surface area contributed by atoms with Gasteiger partial charge in [0, 0.05) is 5.41 Å². The molecule has 0 aromatic heterocycles. The first-order valence-corrected chi connectivity index (χ1v) is 13.9. The number of carboxylic acids is 1. The van der Waals surface area contributed by atoms with Crippen molar-refractivity contribution in [3.8, 4) is 0 Å². The fraction of sp³-hybridized carbons (Fsp3) is 0.645. The van der Waals surface area contributed by atoms with Gasteiger partial charge in [-0.15, -0.1) is 0 Å². The number of carboxylic acid groups (broad SMARTS) is 1. The minimum atomic E-state index is -0.723. The molecular formula is C31H39NO4. The molecule has 5 aliphatic carbocycles. The number of carbonyl (C=O) groups is 3. The van der Waals surface area contributed by atoms with E-state index >= 15 is 0 Å². The van der Waals surface area contributed by atoms with Crippen molar-refractivity contribution < 1.29 is 19.5 Å². The fourth-order valence-electron chi connectivity index (χ4n) is 9.91. The predicted octanol–water partition coefficient (Wildman–Crippen LogP) is 6.01. The van der Waals surface area contributed by atoms with Crippen LogP contribution in [0, 0.1) is 58.7 Å². The molecule has 2 amide bonds. The molecule has 3 saturated carbocycles. The van der Waals surface area contributed by atoms with E-state index in [4.69, 9.17) is 0 Å². The predicted molar refractivity (Wildman–Crippen MR) is 138 cm³/mol. The molecule has 1 heterocycles. The molecule has 1 N–H and O–H groups in total. The van der Waals surface area contributed by atoms with Crippen LogP contribution in [0.1, 0.15) is 71.8 Å². The van der Waals surface area contributed by atoms with E-state index in [0.29, 0.717) is 11.6 Å². The van der Waals surface area contributed by atoms with Gasteiger partial charge in [0.15, 0.2) is 0 Å². The van der Waals surface area contributed by atoms with Gasteiger partial charge >= 0.3 is 5.97 Å². The second kappa shape index (κ2) is 7.55. The number of amides is 2. The number of nitrogens with zero attached hydrogens (tertiary/aromatic N) is 1. The lowest BCUT2D eigenvalue weighted by atomic mass is 9.34. The summed E-state index contributed by atoms with van der Waals surface area (Å²) >= 11 is 0. The van der Waals surface area contributed by atoms with Crippen LogP contribution < -0.4 is 4.90 Å². The van der Waals surface area contributed by atoms with Crippen LogP contribution in [0.3, 0.4) is 0 Å². The standard InChI is InChI=1S/C31H39NO4/c1-17(2)21-16-31-14-11-22-29(4,12-6-13-30(22,5)28(35)36)23(31)15-20(21)24-25(31)27(34)32(26(24)33)19-9-7-18(3)8-10-19/h7-10,16-17,20,22-25H,6,11-15H2,1-5H3,(H,35,36)/t20-,22-,23-,24+,25-,29-,30+,31-/m0/s1. The average Bonchev–Trinajstić information content (AvgIpc) is 3.11. The van der Waals surface area contributed by atoms with Crippen LogP contribution in [-0.2, 0) is 14.4 Å². The molecule has 6 aliphatic rings. The van der Waals surface area contributed by atoms with Gasteiger partial charge in [-0.1, -0.05) is 56.5 Å². The van der Waals surface area contributed by atoms with E-state index in [9.17, 15) is 19.5 Å². The van der Waals surface area contributed by atoms with Gasteiger partial charge in [-0.05, 0) is 87.2 Å². The summed E-state index contributed by atoms with van der Waals surface area (Å²) < 4.78 is 0. The summed E-state index contributed by atoms with van der Waals surface area (Å²) in [6.07, 6.45) is 7.58. The van der Waals surface area contributed by atoms with E-state index in [0.717, 1.165) is 44.1 Å². The number of hydrogen-bond acceptors (Lipinski definition) is 3. The number of fused-ring (bicyclic) bond motifs is 1. The number of allylic oxidation sites excluding steroid dienone is 2. The van der Waals surface area contributed by atoms with E-state index in [1.807, 2.05) is 38.1 Å². The highest BCUT2D eigenvalue weighted by Crippen LogP contribution is 2.74. The molecule has 1 saturated heterocycles. The average molecular weight is 490 g/mol. The largest absolute Gasteiger partial charge is 0.481 e. The molecule has 2 bridgehead atoms. The van der Waals surface area contributed by atoms with Crippen molar-refractivity contribution >= 4 is 23.5 Å².